The maximum absolute atomic E-state index is 11.5. The summed E-state index contributed by atoms with van der Waals surface area (Å²) in [6, 6.07) is 7.79. The Morgan fingerprint density at radius 1 is 0.935 bits per heavy atom. The number of nitrogens with one attached hydrogen (secondary N) is 5. The van der Waals surface area contributed by atoms with Crippen molar-refractivity contribution in [2.45, 2.75) is 70.5 Å². The number of unbranched alkanes of at least 4 members (excludes halogenated alkanes) is 2. The summed E-state index contributed by atoms with van der Waals surface area (Å²) in [6.07, 6.45) is 5.42. The summed E-state index contributed by atoms with van der Waals surface area (Å²) >= 11 is 0. The van der Waals surface area contributed by atoms with Crippen molar-refractivity contribution < 1.29 is 23.8 Å². The van der Waals surface area contributed by atoms with Gasteiger partial charge in [0.1, 0.15) is 0 Å². The van der Waals surface area contributed by atoms with Gasteiger partial charge in [0.25, 0.3) is 5.88 Å². The largest absolute Gasteiger partial charge is 0.453 e. The van der Waals surface area contributed by atoms with E-state index in [1.165, 1.54) is 7.11 Å². The van der Waals surface area contributed by atoms with Crippen molar-refractivity contribution in [1.29, 1.82) is 0 Å². The number of aromatic nitrogens is 2. The van der Waals surface area contributed by atoms with Crippen LogP contribution in [0, 0.1) is 5.92 Å². The highest BCUT2D eigenvalue weighted by molar-refractivity contribution is 5.84. The van der Waals surface area contributed by atoms with Crippen LogP contribution in [0.5, 0.6) is 23.1 Å². The van der Waals surface area contributed by atoms with E-state index in [2.05, 4.69) is 52.7 Å². The highest BCUT2D eigenvalue weighted by atomic mass is 16.6. The van der Waals surface area contributed by atoms with Crippen LogP contribution in [0.15, 0.2) is 34.3 Å². The Morgan fingerprint density at radius 3 is 2.41 bits per heavy atom. The van der Waals surface area contributed by atoms with Crippen LogP contribution in [0.25, 0.3) is 0 Å². The molecule has 1 amide bonds. The lowest BCUT2D eigenvalue weighted by atomic mass is 10.1. The lowest BCUT2D eigenvalue weighted by molar-refractivity contribution is 0.0178. The van der Waals surface area contributed by atoms with Crippen molar-refractivity contribution >= 4 is 17.8 Å². The van der Waals surface area contributed by atoms with Crippen LogP contribution in [0.1, 0.15) is 75.7 Å². The zero-order valence-electron chi connectivity index (χ0n) is 27.2. The van der Waals surface area contributed by atoms with E-state index in [0.717, 1.165) is 68.0 Å². The van der Waals surface area contributed by atoms with Crippen molar-refractivity contribution in [3.05, 3.63) is 35.5 Å². The first-order valence-electron chi connectivity index (χ1n) is 16.2. The van der Waals surface area contributed by atoms with Gasteiger partial charge in [-0.2, -0.15) is 0 Å². The van der Waals surface area contributed by atoms with E-state index >= 15 is 0 Å². The molecule has 14 nitrogen and oxygen atoms in total. The number of carbonyl (C=O) groups is 1. The number of alkyl carbamates (subject to hydrolysis) is 1. The van der Waals surface area contributed by atoms with Crippen LogP contribution in [0.3, 0.4) is 0 Å². The molecular weight excluding hydrogens is 590 g/mol. The monoisotopic (exact) mass is 637 g/mol. The summed E-state index contributed by atoms with van der Waals surface area (Å²) in [6.45, 7) is 7.41. The number of hydroxylamine groups is 1. The zero-order chi connectivity index (χ0) is 32.3. The molecular formula is C32H47N9O5. The lowest BCUT2D eigenvalue weighted by Gasteiger charge is -2.22. The van der Waals surface area contributed by atoms with Crippen molar-refractivity contribution in [2.24, 2.45) is 15.9 Å². The van der Waals surface area contributed by atoms with Gasteiger partial charge in [0.2, 0.25) is 0 Å². The number of methoxy groups -OCH3 is 1. The van der Waals surface area contributed by atoms with E-state index < -0.39 is 6.09 Å². The second-order valence-corrected chi connectivity index (χ2v) is 12.0. The SMILES string of the molecule is CNCCCCC1=NCC(c2ccc3c(c2)Oc2nnc(C4CN=C(CCCCNOC[C@@H](NC(=O)OC)C(C)C)N4)cc2O3)N1. The molecule has 1 aromatic carbocycles. The van der Waals surface area contributed by atoms with Gasteiger partial charge in [-0.05, 0) is 62.9 Å². The van der Waals surface area contributed by atoms with E-state index in [0.29, 0.717) is 49.4 Å². The molecule has 3 aliphatic rings. The van der Waals surface area contributed by atoms with E-state index in [-0.39, 0.29) is 24.0 Å². The van der Waals surface area contributed by atoms with Gasteiger partial charge < -0.3 is 35.5 Å². The van der Waals surface area contributed by atoms with Crippen molar-refractivity contribution in [2.75, 3.05) is 46.9 Å². The molecule has 0 saturated carbocycles. The first-order valence-corrected chi connectivity index (χ1v) is 16.2. The summed E-state index contributed by atoms with van der Waals surface area (Å²) in [5, 5.41) is 21.8. The molecule has 4 heterocycles. The summed E-state index contributed by atoms with van der Waals surface area (Å²) in [7, 11) is 3.33. The van der Waals surface area contributed by atoms with E-state index in [1.807, 2.05) is 39.1 Å². The average Bonchev–Trinajstić information content (AvgIpc) is 3.74. The third kappa shape index (κ3) is 9.04. The molecule has 5 rings (SSSR count). The molecule has 0 radical (unpaired) electrons. The number of amides is 1. The Kier molecular flexibility index (Phi) is 12.0. The molecule has 0 fully saturated rings. The fraction of sp³-hybridized carbons (Fsp3) is 0.594. The number of benzene rings is 1. The normalized spacial score (nSPS) is 18.7. The van der Waals surface area contributed by atoms with E-state index in [1.54, 1.807) is 0 Å². The Hall–Kier alpha value is -4.01. The van der Waals surface area contributed by atoms with Gasteiger partial charge in [-0.1, -0.05) is 19.9 Å². The quantitative estimate of drug-likeness (QED) is 0.108. The molecule has 1 aromatic heterocycles. The number of hydrogen-bond acceptors (Lipinski definition) is 13. The Labute approximate surface area is 270 Å². The van der Waals surface area contributed by atoms with Crippen molar-refractivity contribution in [3.8, 4) is 23.1 Å². The molecule has 3 aliphatic heterocycles. The third-order valence-corrected chi connectivity index (χ3v) is 8.20. The van der Waals surface area contributed by atoms with Crippen molar-refractivity contribution in [1.82, 2.24) is 36.9 Å². The summed E-state index contributed by atoms with van der Waals surface area (Å²) in [5.41, 5.74) is 4.83. The second kappa shape index (κ2) is 16.5. The van der Waals surface area contributed by atoms with Crippen LogP contribution in [0.4, 0.5) is 4.79 Å². The van der Waals surface area contributed by atoms with Gasteiger partial charge >= 0.3 is 6.09 Å². The molecule has 2 aromatic rings. The predicted octanol–water partition coefficient (Wildman–Crippen LogP) is 3.92. The van der Waals surface area contributed by atoms with Gasteiger partial charge in [0.05, 0.1) is 62.3 Å². The number of fused-ring (bicyclic) bond motifs is 2. The molecule has 250 valence electrons. The fourth-order valence-electron chi connectivity index (χ4n) is 5.38. The maximum Gasteiger partial charge on any atom is 0.407 e. The van der Waals surface area contributed by atoms with Gasteiger partial charge in [-0.25, -0.2) is 10.3 Å². The van der Waals surface area contributed by atoms with Crippen LogP contribution in [0.2, 0.25) is 0 Å². The summed E-state index contributed by atoms with van der Waals surface area (Å²) in [5.74, 6) is 4.40. The first-order chi connectivity index (χ1) is 22.4. The second-order valence-electron chi connectivity index (χ2n) is 12.0. The number of carbonyl (C=O) groups excluding carboxylic acids is 1. The number of aliphatic imine (C=N–C) groups is 2. The minimum Gasteiger partial charge on any atom is -0.453 e. The summed E-state index contributed by atoms with van der Waals surface area (Å²) in [4.78, 5) is 26.4. The molecule has 0 aliphatic carbocycles. The van der Waals surface area contributed by atoms with Crippen LogP contribution < -0.4 is 36.2 Å². The molecule has 5 N–H and O–H groups in total. The Bertz CT molecular complexity index is 1390. The first kappa shape index (κ1) is 33.4. The smallest absolute Gasteiger partial charge is 0.407 e. The van der Waals surface area contributed by atoms with E-state index in [4.69, 9.17) is 19.3 Å². The predicted molar refractivity (Wildman–Crippen MR) is 175 cm³/mol. The van der Waals surface area contributed by atoms with Gasteiger partial charge in [-0.3, -0.25) is 14.8 Å². The van der Waals surface area contributed by atoms with E-state index in [9.17, 15) is 4.79 Å². The van der Waals surface area contributed by atoms with Crippen LogP contribution in [-0.2, 0) is 9.57 Å². The number of ether oxygens (including phenoxy) is 3. The number of hydrogen-bond donors (Lipinski definition) is 5. The van der Waals surface area contributed by atoms with Gasteiger partial charge in [0, 0.05) is 25.5 Å². The lowest BCUT2D eigenvalue weighted by Crippen LogP contribution is -2.43. The molecule has 3 atom stereocenters. The third-order valence-electron chi connectivity index (χ3n) is 8.20. The van der Waals surface area contributed by atoms with Crippen LogP contribution in [-0.4, -0.2) is 80.9 Å². The summed E-state index contributed by atoms with van der Waals surface area (Å²) < 4.78 is 17.0. The highest BCUT2D eigenvalue weighted by Crippen LogP contribution is 2.45. The van der Waals surface area contributed by atoms with Crippen LogP contribution >= 0.6 is 0 Å². The number of rotatable bonds is 17. The van der Waals surface area contributed by atoms with Gasteiger partial charge in [-0.15, -0.1) is 10.2 Å². The fourth-order valence-corrected chi connectivity index (χ4v) is 5.38. The maximum atomic E-state index is 11.5. The zero-order valence-corrected chi connectivity index (χ0v) is 27.2. The average molecular weight is 638 g/mol. The number of nitrogens with zero attached hydrogens (tertiary/aromatic N) is 4. The van der Waals surface area contributed by atoms with Crippen molar-refractivity contribution in [3.63, 3.8) is 0 Å². The molecule has 0 bridgehead atoms. The minimum atomic E-state index is -0.458. The highest BCUT2D eigenvalue weighted by Gasteiger charge is 2.28. The number of amidine groups is 2. The minimum absolute atomic E-state index is 0.0715. The molecule has 2 unspecified atom stereocenters. The van der Waals surface area contributed by atoms with Gasteiger partial charge in [0.15, 0.2) is 17.2 Å². The topological polar surface area (TPSA) is 165 Å². The molecule has 0 spiro atoms. The Balaban J connectivity index is 1.02. The molecule has 14 heteroatoms. The Morgan fingerprint density at radius 2 is 1.67 bits per heavy atom. The standard InChI is InChI=1S/C32H47N9O5/c1-20(2)25(39-32(42)43-4)19-44-36-14-8-6-10-30-35-18-24(38-30)22-16-28-31(41-40-22)46-27-15-21(11-12-26(27)45-28)23-17-34-29(37-23)9-5-7-13-33-3/h11-12,15-16,20,23-25,33,36H,5-10,13-14,17-19H2,1-4H3,(H,34,37)(H,35,38)(H,39,42)/t23?,24?,25-/m1/s1. The molecule has 46 heavy (non-hydrogen) atoms. The molecule has 0 saturated heterocycles.